The lowest BCUT2D eigenvalue weighted by Gasteiger charge is -2.12. The first-order valence-corrected chi connectivity index (χ1v) is 7.71. The van der Waals surface area contributed by atoms with Crippen LogP contribution < -0.4 is 4.72 Å². The Labute approximate surface area is 109 Å². The zero-order valence-electron chi connectivity index (χ0n) is 8.78. The van der Waals surface area contributed by atoms with Crippen LogP contribution in [-0.4, -0.2) is 19.7 Å². The highest BCUT2D eigenvalue weighted by atomic mass is 79.9. The molecular weight excluding hydrogens is 314 g/mol. The molecule has 16 heavy (non-hydrogen) atoms. The fraction of sp³-hybridized carbons (Fsp3) is 0.400. The molecule has 0 aliphatic rings. The van der Waals surface area contributed by atoms with Crippen LogP contribution >= 0.6 is 27.5 Å². The third kappa shape index (κ3) is 4.82. The number of hydrogen-bond donors (Lipinski definition) is 1. The molecule has 0 spiro atoms. The third-order valence-corrected chi connectivity index (χ3v) is 4.42. The Morgan fingerprint density at radius 2 is 1.94 bits per heavy atom. The highest BCUT2D eigenvalue weighted by Gasteiger charge is 2.12. The van der Waals surface area contributed by atoms with Crippen molar-refractivity contribution in [3.05, 3.63) is 34.3 Å². The second kappa shape index (κ2) is 6.00. The van der Waals surface area contributed by atoms with Crippen molar-refractivity contribution < 1.29 is 8.42 Å². The van der Waals surface area contributed by atoms with Crippen LogP contribution in [0.25, 0.3) is 0 Å². The molecular formula is C10H13BrClNO2S. The Morgan fingerprint density at radius 1 is 1.38 bits per heavy atom. The van der Waals surface area contributed by atoms with Crippen LogP contribution in [0, 0.1) is 0 Å². The molecule has 0 aliphatic carbocycles. The maximum absolute atomic E-state index is 11.2. The molecule has 1 atom stereocenters. The minimum absolute atomic E-state index is 0.162. The average molecular weight is 327 g/mol. The van der Waals surface area contributed by atoms with Crippen molar-refractivity contribution in [2.45, 2.75) is 19.4 Å². The highest BCUT2D eigenvalue weighted by molar-refractivity contribution is 9.10. The summed E-state index contributed by atoms with van der Waals surface area (Å²) in [5.41, 5.74) is 1.08. The molecule has 0 amide bonds. The van der Waals surface area contributed by atoms with E-state index in [-0.39, 0.29) is 6.04 Å². The first-order chi connectivity index (χ1) is 7.43. The van der Waals surface area contributed by atoms with Crippen LogP contribution in [0.1, 0.15) is 12.5 Å². The standard InChI is InChI=1S/C10H13BrClNO2S/c1-8(13-16(14,15)7-12)6-9-2-4-10(11)5-3-9/h2-5,8,13H,6-7H2,1H3. The SMILES string of the molecule is CC(Cc1ccc(Br)cc1)NS(=O)(=O)CCl. The molecule has 1 aromatic carbocycles. The Balaban J connectivity index is 2.58. The number of benzene rings is 1. The number of alkyl halides is 1. The van der Waals surface area contributed by atoms with Crippen LogP contribution in [0.4, 0.5) is 0 Å². The Kier molecular flexibility index (Phi) is 5.24. The van der Waals surface area contributed by atoms with Gasteiger partial charge >= 0.3 is 0 Å². The lowest BCUT2D eigenvalue weighted by molar-refractivity contribution is 0.564. The predicted octanol–water partition coefficient (Wildman–Crippen LogP) is 2.50. The largest absolute Gasteiger partial charge is 0.225 e. The number of nitrogens with one attached hydrogen (secondary N) is 1. The van der Waals surface area contributed by atoms with Crippen molar-refractivity contribution in [1.82, 2.24) is 4.72 Å². The van der Waals surface area contributed by atoms with Crippen molar-refractivity contribution in [3.8, 4) is 0 Å². The number of rotatable bonds is 5. The van der Waals surface area contributed by atoms with Gasteiger partial charge in [0.1, 0.15) is 5.21 Å². The van der Waals surface area contributed by atoms with Gasteiger partial charge in [-0.2, -0.15) is 0 Å². The first-order valence-electron chi connectivity index (χ1n) is 4.73. The smallest absolute Gasteiger partial charge is 0.211 e. The zero-order valence-corrected chi connectivity index (χ0v) is 11.9. The van der Waals surface area contributed by atoms with Gasteiger partial charge in [-0.15, -0.1) is 11.6 Å². The normalized spacial score (nSPS) is 13.7. The molecule has 6 heteroatoms. The summed E-state index contributed by atoms with van der Waals surface area (Å²) in [7, 11) is -3.34. The number of sulfonamides is 1. The van der Waals surface area contributed by atoms with Crippen LogP contribution in [0.2, 0.25) is 0 Å². The van der Waals surface area contributed by atoms with Crippen LogP contribution in [0.3, 0.4) is 0 Å². The van der Waals surface area contributed by atoms with E-state index in [0.717, 1.165) is 10.0 Å². The van der Waals surface area contributed by atoms with E-state index in [1.807, 2.05) is 31.2 Å². The van der Waals surface area contributed by atoms with E-state index >= 15 is 0 Å². The Hall–Kier alpha value is -0.100. The molecule has 1 unspecified atom stereocenters. The zero-order chi connectivity index (χ0) is 12.2. The van der Waals surface area contributed by atoms with Gasteiger partial charge in [0, 0.05) is 10.5 Å². The summed E-state index contributed by atoms with van der Waals surface area (Å²) in [4.78, 5) is 0. The Bertz CT molecular complexity index is 433. The molecule has 0 saturated heterocycles. The summed E-state index contributed by atoms with van der Waals surface area (Å²) in [6.07, 6.45) is 0.642. The van der Waals surface area contributed by atoms with Gasteiger partial charge in [-0.25, -0.2) is 13.1 Å². The molecule has 0 radical (unpaired) electrons. The van der Waals surface area contributed by atoms with E-state index in [9.17, 15) is 8.42 Å². The van der Waals surface area contributed by atoms with Gasteiger partial charge in [0.25, 0.3) is 0 Å². The van der Waals surface area contributed by atoms with Crippen molar-refractivity contribution in [2.24, 2.45) is 0 Å². The van der Waals surface area contributed by atoms with Gasteiger partial charge in [-0.3, -0.25) is 0 Å². The topological polar surface area (TPSA) is 46.2 Å². The lowest BCUT2D eigenvalue weighted by atomic mass is 10.1. The minimum Gasteiger partial charge on any atom is -0.211 e. The maximum atomic E-state index is 11.2. The second-order valence-corrected chi connectivity index (χ2v) is 6.83. The predicted molar refractivity (Wildman–Crippen MR) is 70.1 cm³/mol. The van der Waals surface area contributed by atoms with E-state index in [0.29, 0.717) is 6.42 Å². The van der Waals surface area contributed by atoms with Gasteiger partial charge in [0.2, 0.25) is 10.0 Å². The van der Waals surface area contributed by atoms with E-state index in [4.69, 9.17) is 11.6 Å². The number of hydrogen-bond acceptors (Lipinski definition) is 2. The molecule has 90 valence electrons. The van der Waals surface area contributed by atoms with Crippen molar-refractivity contribution >= 4 is 37.6 Å². The van der Waals surface area contributed by atoms with Crippen LogP contribution in [0.5, 0.6) is 0 Å². The van der Waals surface area contributed by atoms with E-state index in [1.54, 1.807) is 0 Å². The van der Waals surface area contributed by atoms with Gasteiger partial charge in [0.15, 0.2) is 0 Å². The summed E-state index contributed by atoms with van der Waals surface area (Å²) in [6, 6.07) is 7.60. The molecule has 0 aromatic heterocycles. The van der Waals surface area contributed by atoms with Crippen LogP contribution in [0.15, 0.2) is 28.7 Å². The highest BCUT2D eigenvalue weighted by Crippen LogP contribution is 2.12. The Morgan fingerprint density at radius 3 is 2.44 bits per heavy atom. The maximum Gasteiger partial charge on any atom is 0.225 e. The van der Waals surface area contributed by atoms with Gasteiger partial charge < -0.3 is 0 Å². The molecule has 0 aliphatic heterocycles. The van der Waals surface area contributed by atoms with Crippen molar-refractivity contribution in [2.75, 3.05) is 5.21 Å². The molecule has 1 aromatic rings. The second-order valence-electron chi connectivity index (χ2n) is 3.57. The van der Waals surface area contributed by atoms with Crippen molar-refractivity contribution in [3.63, 3.8) is 0 Å². The average Bonchev–Trinajstić information content (AvgIpc) is 2.21. The van der Waals surface area contributed by atoms with Crippen LogP contribution in [-0.2, 0) is 16.4 Å². The summed E-state index contributed by atoms with van der Waals surface area (Å²) < 4.78 is 25.9. The molecule has 1 rings (SSSR count). The first kappa shape index (κ1) is 14.0. The minimum atomic E-state index is -3.34. The summed E-state index contributed by atoms with van der Waals surface area (Å²) in [6.45, 7) is 1.81. The van der Waals surface area contributed by atoms with Gasteiger partial charge in [0.05, 0.1) is 0 Å². The van der Waals surface area contributed by atoms with E-state index in [1.165, 1.54) is 0 Å². The lowest BCUT2D eigenvalue weighted by Crippen LogP contribution is -2.34. The molecule has 0 bridgehead atoms. The molecule has 3 nitrogen and oxygen atoms in total. The molecule has 0 fully saturated rings. The summed E-state index contributed by atoms with van der Waals surface area (Å²) >= 11 is 8.65. The van der Waals surface area contributed by atoms with Gasteiger partial charge in [-0.1, -0.05) is 28.1 Å². The van der Waals surface area contributed by atoms with Crippen molar-refractivity contribution in [1.29, 1.82) is 0 Å². The summed E-state index contributed by atoms with van der Waals surface area (Å²) in [5.74, 6) is 0. The monoisotopic (exact) mass is 325 g/mol. The molecule has 0 heterocycles. The van der Waals surface area contributed by atoms with Gasteiger partial charge in [-0.05, 0) is 31.0 Å². The fourth-order valence-corrected chi connectivity index (χ4v) is 2.57. The number of halogens is 2. The molecule has 0 saturated carbocycles. The summed E-state index contributed by atoms with van der Waals surface area (Å²) in [5, 5.41) is -0.405. The molecule has 1 N–H and O–H groups in total. The quantitative estimate of drug-likeness (QED) is 0.845. The van der Waals surface area contributed by atoms with E-state index < -0.39 is 15.2 Å². The fourth-order valence-electron chi connectivity index (χ4n) is 1.35. The van der Waals surface area contributed by atoms with E-state index in [2.05, 4.69) is 20.7 Å². The third-order valence-electron chi connectivity index (χ3n) is 1.98.